The third-order valence-corrected chi connectivity index (χ3v) is 3.63. The molecule has 2 heteroatoms. The number of halogens is 1. The van der Waals surface area contributed by atoms with Gasteiger partial charge < -0.3 is 5.11 Å². The van der Waals surface area contributed by atoms with Crippen molar-refractivity contribution in [2.24, 2.45) is 5.92 Å². The van der Waals surface area contributed by atoms with Crippen molar-refractivity contribution >= 4 is 11.6 Å². The van der Waals surface area contributed by atoms with Crippen LogP contribution in [0.5, 0.6) is 0 Å². The van der Waals surface area contributed by atoms with Crippen LogP contribution in [0.4, 0.5) is 0 Å². The Morgan fingerprint density at radius 3 is 2.40 bits per heavy atom. The van der Waals surface area contributed by atoms with Gasteiger partial charge in [0.1, 0.15) is 0 Å². The first-order valence-electron chi connectivity index (χ1n) is 5.56. The molecule has 0 heterocycles. The molecule has 1 atom stereocenters. The summed E-state index contributed by atoms with van der Waals surface area (Å²) in [4.78, 5) is 0. The summed E-state index contributed by atoms with van der Waals surface area (Å²) < 4.78 is 0. The van der Waals surface area contributed by atoms with Crippen LogP contribution in [0, 0.1) is 5.92 Å². The van der Waals surface area contributed by atoms with Gasteiger partial charge in [-0.3, -0.25) is 0 Å². The molecule has 15 heavy (non-hydrogen) atoms. The molecule has 0 aromatic heterocycles. The van der Waals surface area contributed by atoms with Crippen molar-refractivity contribution in [3.63, 3.8) is 0 Å². The highest BCUT2D eigenvalue weighted by atomic mass is 35.5. The first kappa shape index (κ1) is 11.0. The molecule has 1 saturated carbocycles. The maximum atomic E-state index is 10.4. The molecule has 0 bridgehead atoms. The third-order valence-electron chi connectivity index (χ3n) is 3.38. The van der Waals surface area contributed by atoms with E-state index in [1.807, 2.05) is 31.2 Å². The zero-order valence-corrected chi connectivity index (χ0v) is 9.80. The molecule has 1 N–H and O–H groups in total. The summed E-state index contributed by atoms with van der Waals surface area (Å²) in [5, 5.41) is 11.1. The summed E-state index contributed by atoms with van der Waals surface area (Å²) in [6, 6.07) is 7.51. The molecular weight excluding hydrogens is 208 g/mol. The van der Waals surface area contributed by atoms with Gasteiger partial charge in [0.2, 0.25) is 0 Å². The van der Waals surface area contributed by atoms with E-state index in [-0.39, 0.29) is 0 Å². The SMILES string of the molecule is CC(O)(CC1CCC1)c1ccc(Cl)cc1. The van der Waals surface area contributed by atoms with Crippen LogP contribution < -0.4 is 0 Å². The van der Waals surface area contributed by atoms with Crippen LogP contribution in [0.25, 0.3) is 0 Å². The molecule has 0 radical (unpaired) electrons. The maximum absolute atomic E-state index is 10.4. The fourth-order valence-corrected chi connectivity index (χ4v) is 2.31. The molecule has 0 saturated heterocycles. The van der Waals surface area contributed by atoms with E-state index in [1.165, 1.54) is 19.3 Å². The van der Waals surface area contributed by atoms with Crippen molar-refractivity contribution in [3.05, 3.63) is 34.9 Å². The van der Waals surface area contributed by atoms with Crippen molar-refractivity contribution in [2.75, 3.05) is 0 Å². The largest absolute Gasteiger partial charge is 0.385 e. The quantitative estimate of drug-likeness (QED) is 0.830. The molecule has 0 amide bonds. The Morgan fingerprint density at radius 1 is 1.33 bits per heavy atom. The molecule has 1 aliphatic carbocycles. The fourth-order valence-electron chi connectivity index (χ4n) is 2.19. The van der Waals surface area contributed by atoms with Gasteiger partial charge in [-0.15, -0.1) is 0 Å². The van der Waals surface area contributed by atoms with Crippen molar-refractivity contribution in [3.8, 4) is 0 Å². The topological polar surface area (TPSA) is 20.2 Å². The lowest BCUT2D eigenvalue weighted by Gasteiger charge is -2.33. The standard InChI is InChI=1S/C13H17ClO/c1-13(15,9-10-3-2-4-10)11-5-7-12(14)8-6-11/h5-8,10,15H,2-4,9H2,1H3. The Bertz CT molecular complexity index is 325. The molecule has 2 rings (SSSR count). The minimum Gasteiger partial charge on any atom is -0.385 e. The minimum atomic E-state index is -0.699. The van der Waals surface area contributed by atoms with Crippen molar-refractivity contribution in [1.29, 1.82) is 0 Å². The second-order valence-corrected chi connectivity index (χ2v) is 5.22. The van der Waals surface area contributed by atoms with Crippen LogP contribution in [0.3, 0.4) is 0 Å². The van der Waals surface area contributed by atoms with E-state index in [4.69, 9.17) is 11.6 Å². The number of aliphatic hydroxyl groups is 1. The van der Waals surface area contributed by atoms with E-state index in [0.29, 0.717) is 5.92 Å². The highest BCUT2D eigenvalue weighted by molar-refractivity contribution is 6.30. The van der Waals surface area contributed by atoms with Crippen LogP contribution in [0.1, 0.15) is 38.2 Å². The van der Waals surface area contributed by atoms with Gasteiger partial charge in [-0.05, 0) is 37.0 Å². The monoisotopic (exact) mass is 224 g/mol. The van der Waals surface area contributed by atoms with Gasteiger partial charge in [-0.2, -0.15) is 0 Å². The highest BCUT2D eigenvalue weighted by Crippen LogP contribution is 2.38. The van der Waals surface area contributed by atoms with Gasteiger partial charge in [0, 0.05) is 5.02 Å². The summed E-state index contributed by atoms with van der Waals surface area (Å²) >= 11 is 5.82. The van der Waals surface area contributed by atoms with Crippen molar-refractivity contribution in [2.45, 2.75) is 38.2 Å². The normalized spacial score (nSPS) is 20.7. The van der Waals surface area contributed by atoms with Crippen LogP contribution in [0.15, 0.2) is 24.3 Å². The van der Waals surface area contributed by atoms with Crippen molar-refractivity contribution in [1.82, 2.24) is 0 Å². The lowest BCUT2D eigenvalue weighted by molar-refractivity contribution is 0.0162. The second kappa shape index (κ2) is 4.15. The molecular formula is C13H17ClO. The summed E-state index contributed by atoms with van der Waals surface area (Å²) in [6.07, 6.45) is 4.73. The number of benzene rings is 1. The molecule has 1 aromatic rings. The van der Waals surface area contributed by atoms with Gasteiger partial charge in [-0.1, -0.05) is 43.0 Å². The molecule has 1 fully saturated rings. The van der Waals surface area contributed by atoms with E-state index in [1.54, 1.807) is 0 Å². The second-order valence-electron chi connectivity index (χ2n) is 4.78. The Labute approximate surface area is 96.1 Å². The minimum absolute atomic E-state index is 0.699. The Morgan fingerprint density at radius 2 is 1.93 bits per heavy atom. The predicted octanol–water partition coefficient (Wildman–Crippen LogP) is 3.74. The average molecular weight is 225 g/mol. The molecule has 82 valence electrons. The Hall–Kier alpha value is -0.530. The molecule has 0 aliphatic heterocycles. The maximum Gasteiger partial charge on any atom is 0.0871 e. The summed E-state index contributed by atoms with van der Waals surface area (Å²) in [6.45, 7) is 1.90. The van der Waals surface area contributed by atoms with Gasteiger partial charge >= 0.3 is 0 Å². The fraction of sp³-hybridized carbons (Fsp3) is 0.538. The number of hydrogen-bond donors (Lipinski definition) is 1. The summed E-state index contributed by atoms with van der Waals surface area (Å²) in [5.74, 6) is 0.704. The Balaban J connectivity index is 2.09. The lowest BCUT2D eigenvalue weighted by atomic mass is 9.76. The summed E-state index contributed by atoms with van der Waals surface area (Å²) in [7, 11) is 0. The number of hydrogen-bond acceptors (Lipinski definition) is 1. The van der Waals surface area contributed by atoms with E-state index < -0.39 is 5.60 Å². The van der Waals surface area contributed by atoms with Crippen molar-refractivity contribution < 1.29 is 5.11 Å². The molecule has 1 aliphatic rings. The Kier molecular flexibility index (Phi) is 3.03. The van der Waals surface area contributed by atoms with Crippen LogP contribution in [-0.4, -0.2) is 5.11 Å². The smallest absolute Gasteiger partial charge is 0.0871 e. The highest BCUT2D eigenvalue weighted by Gasteiger charge is 2.30. The van der Waals surface area contributed by atoms with Gasteiger partial charge in [-0.25, -0.2) is 0 Å². The molecule has 1 unspecified atom stereocenters. The van der Waals surface area contributed by atoms with Gasteiger partial charge in [0.15, 0.2) is 0 Å². The first-order chi connectivity index (χ1) is 7.08. The third kappa shape index (κ3) is 2.53. The van der Waals surface area contributed by atoms with Gasteiger partial charge in [0.05, 0.1) is 5.60 Å². The van der Waals surface area contributed by atoms with Crippen LogP contribution in [0.2, 0.25) is 5.02 Å². The van der Waals surface area contributed by atoms with E-state index >= 15 is 0 Å². The van der Waals surface area contributed by atoms with Crippen LogP contribution in [-0.2, 0) is 5.60 Å². The van der Waals surface area contributed by atoms with E-state index in [2.05, 4.69) is 0 Å². The van der Waals surface area contributed by atoms with E-state index in [9.17, 15) is 5.11 Å². The zero-order chi connectivity index (χ0) is 10.9. The summed E-state index contributed by atoms with van der Waals surface area (Å²) in [5.41, 5.74) is 0.272. The number of rotatable bonds is 3. The van der Waals surface area contributed by atoms with Gasteiger partial charge in [0.25, 0.3) is 0 Å². The lowest BCUT2D eigenvalue weighted by Crippen LogP contribution is -2.27. The predicted molar refractivity (Wildman–Crippen MR) is 63.0 cm³/mol. The zero-order valence-electron chi connectivity index (χ0n) is 9.04. The first-order valence-corrected chi connectivity index (χ1v) is 5.94. The van der Waals surface area contributed by atoms with E-state index in [0.717, 1.165) is 17.0 Å². The average Bonchev–Trinajstić information content (AvgIpc) is 2.13. The molecule has 0 spiro atoms. The van der Waals surface area contributed by atoms with Crippen LogP contribution >= 0.6 is 11.6 Å². The molecule has 1 nitrogen and oxygen atoms in total. The molecule has 1 aromatic carbocycles.